The lowest BCUT2D eigenvalue weighted by molar-refractivity contribution is -0.132. The lowest BCUT2D eigenvalue weighted by Crippen LogP contribution is -2.49. The molecule has 4 unspecified atom stereocenters. The highest BCUT2D eigenvalue weighted by Crippen LogP contribution is 2.36. The van der Waals surface area contributed by atoms with Gasteiger partial charge in [0.25, 0.3) is 5.91 Å². The standard InChI is InChI=1S/C15H27N3O2/c16-17-15(19)14-8-7-12(20-14)10-18-9-3-5-11-4-1-2-6-13(11)18/h11-14H,1-10,16H2,(H,17,19). The molecule has 1 saturated carbocycles. The molecule has 0 aromatic carbocycles. The molecule has 20 heavy (non-hydrogen) atoms. The van der Waals surface area contributed by atoms with Crippen molar-refractivity contribution in [2.24, 2.45) is 11.8 Å². The van der Waals surface area contributed by atoms with Gasteiger partial charge in [0.1, 0.15) is 6.10 Å². The Kier molecular flexibility index (Phi) is 4.58. The van der Waals surface area contributed by atoms with Crippen molar-refractivity contribution in [2.45, 2.75) is 69.6 Å². The first-order chi connectivity index (χ1) is 9.78. The summed E-state index contributed by atoms with van der Waals surface area (Å²) in [5, 5.41) is 0. The van der Waals surface area contributed by atoms with Gasteiger partial charge in [-0.2, -0.15) is 0 Å². The van der Waals surface area contributed by atoms with E-state index in [4.69, 9.17) is 10.6 Å². The van der Waals surface area contributed by atoms with Gasteiger partial charge in [0.05, 0.1) is 6.10 Å². The Morgan fingerprint density at radius 3 is 2.80 bits per heavy atom. The first kappa shape index (κ1) is 14.3. The van der Waals surface area contributed by atoms with E-state index < -0.39 is 0 Å². The lowest BCUT2D eigenvalue weighted by Gasteiger charge is -2.45. The van der Waals surface area contributed by atoms with E-state index in [1.165, 1.54) is 45.1 Å². The molecule has 5 nitrogen and oxygen atoms in total. The van der Waals surface area contributed by atoms with Crippen molar-refractivity contribution in [3.63, 3.8) is 0 Å². The van der Waals surface area contributed by atoms with E-state index in [0.717, 1.165) is 31.3 Å². The molecule has 1 aliphatic carbocycles. The molecule has 3 N–H and O–H groups in total. The first-order valence-electron chi connectivity index (χ1n) is 8.18. The molecule has 1 amide bonds. The van der Waals surface area contributed by atoms with Gasteiger partial charge in [-0.05, 0) is 51.0 Å². The number of nitrogens with zero attached hydrogens (tertiary/aromatic N) is 1. The summed E-state index contributed by atoms with van der Waals surface area (Å²) in [6.07, 6.45) is 9.92. The van der Waals surface area contributed by atoms with Crippen LogP contribution in [0.25, 0.3) is 0 Å². The van der Waals surface area contributed by atoms with Gasteiger partial charge in [-0.15, -0.1) is 0 Å². The van der Waals surface area contributed by atoms with E-state index in [2.05, 4.69) is 10.3 Å². The van der Waals surface area contributed by atoms with Crippen molar-refractivity contribution in [3.8, 4) is 0 Å². The van der Waals surface area contributed by atoms with Gasteiger partial charge in [-0.1, -0.05) is 12.8 Å². The second kappa shape index (κ2) is 6.41. The maximum atomic E-state index is 11.5. The summed E-state index contributed by atoms with van der Waals surface area (Å²) < 4.78 is 5.86. The third-order valence-corrected chi connectivity index (χ3v) is 5.34. The van der Waals surface area contributed by atoms with E-state index in [0.29, 0.717) is 0 Å². The number of carbonyl (C=O) groups is 1. The Balaban J connectivity index is 1.53. The number of hydrogen-bond donors (Lipinski definition) is 2. The van der Waals surface area contributed by atoms with Crippen LogP contribution in [0.3, 0.4) is 0 Å². The van der Waals surface area contributed by atoms with Crippen molar-refractivity contribution in [3.05, 3.63) is 0 Å². The Hall–Kier alpha value is -0.650. The third-order valence-electron chi connectivity index (χ3n) is 5.34. The number of hydrazine groups is 1. The molecule has 0 spiro atoms. The maximum absolute atomic E-state index is 11.5. The van der Waals surface area contributed by atoms with Crippen LogP contribution in [0.15, 0.2) is 0 Å². The molecule has 2 aliphatic heterocycles. The number of rotatable bonds is 3. The second-order valence-corrected chi connectivity index (χ2v) is 6.58. The number of ether oxygens (including phenoxy) is 1. The molecule has 2 saturated heterocycles. The van der Waals surface area contributed by atoms with Crippen LogP contribution < -0.4 is 11.3 Å². The minimum absolute atomic E-state index is 0.179. The molecule has 3 fully saturated rings. The van der Waals surface area contributed by atoms with Gasteiger partial charge >= 0.3 is 0 Å². The van der Waals surface area contributed by atoms with Crippen LogP contribution in [0.1, 0.15) is 51.4 Å². The highest BCUT2D eigenvalue weighted by Gasteiger charge is 2.37. The number of nitrogens with two attached hydrogens (primary N) is 1. The molecular formula is C15H27N3O2. The Bertz CT molecular complexity index is 348. The quantitative estimate of drug-likeness (QED) is 0.463. The van der Waals surface area contributed by atoms with E-state index in [9.17, 15) is 4.79 Å². The zero-order valence-corrected chi connectivity index (χ0v) is 12.2. The molecule has 4 atom stereocenters. The molecular weight excluding hydrogens is 254 g/mol. The summed E-state index contributed by atoms with van der Waals surface area (Å²) in [6.45, 7) is 2.20. The van der Waals surface area contributed by atoms with Crippen LogP contribution in [-0.2, 0) is 9.53 Å². The van der Waals surface area contributed by atoms with Crippen molar-refractivity contribution in [2.75, 3.05) is 13.1 Å². The Morgan fingerprint density at radius 2 is 1.95 bits per heavy atom. The van der Waals surface area contributed by atoms with Crippen molar-refractivity contribution >= 4 is 5.91 Å². The molecule has 0 bridgehead atoms. The lowest BCUT2D eigenvalue weighted by atomic mass is 9.78. The number of carbonyl (C=O) groups excluding carboxylic acids is 1. The first-order valence-corrected chi connectivity index (χ1v) is 8.18. The number of piperidine rings is 1. The van der Waals surface area contributed by atoms with Gasteiger partial charge in [0.2, 0.25) is 0 Å². The summed E-state index contributed by atoms with van der Waals surface area (Å²) in [5.74, 6) is 5.90. The molecule has 0 radical (unpaired) electrons. The molecule has 114 valence electrons. The fraction of sp³-hybridized carbons (Fsp3) is 0.933. The van der Waals surface area contributed by atoms with Gasteiger partial charge in [0, 0.05) is 12.6 Å². The Morgan fingerprint density at radius 1 is 1.15 bits per heavy atom. The zero-order valence-electron chi connectivity index (χ0n) is 12.2. The SMILES string of the molecule is NNC(=O)C1CCC(CN2CCCC3CCCCC32)O1. The van der Waals surface area contributed by atoms with Gasteiger partial charge in [0.15, 0.2) is 0 Å². The fourth-order valence-corrected chi connectivity index (χ4v) is 4.34. The maximum Gasteiger partial charge on any atom is 0.263 e. The summed E-state index contributed by atoms with van der Waals surface area (Å²) in [4.78, 5) is 14.1. The number of fused-ring (bicyclic) bond motifs is 1. The fourth-order valence-electron chi connectivity index (χ4n) is 4.34. The van der Waals surface area contributed by atoms with Crippen LogP contribution in [0.5, 0.6) is 0 Å². The van der Waals surface area contributed by atoms with Crippen LogP contribution >= 0.6 is 0 Å². The van der Waals surface area contributed by atoms with Crippen LogP contribution in [0.2, 0.25) is 0 Å². The highest BCUT2D eigenvalue weighted by atomic mass is 16.5. The van der Waals surface area contributed by atoms with Gasteiger partial charge < -0.3 is 4.74 Å². The van der Waals surface area contributed by atoms with Crippen molar-refractivity contribution in [1.29, 1.82) is 0 Å². The number of amides is 1. The van der Waals surface area contributed by atoms with Gasteiger partial charge in [-0.25, -0.2) is 5.84 Å². The van der Waals surface area contributed by atoms with E-state index in [-0.39, 0.29) is 18.1 Å². The molecule has 0 aromatic heterocycles. The minimum Gasteiger partial charge on any atom is -0.364 e. The molecule has 2 heterocycles. The molecule has 5 heteroatoms. The third kappa shape index (κ3) is 3.00. The van der Waals surface area contributed by atoms with Crippen LogP contribution in [0.4, 0.5) is 0 Å². The zero-order chi connectivity index (χ0) is 13.9. The number of hydrogen-bond acceptors (Lipinski definition) is 4. The molecule has 3 rings (SSSR count). The van der Waals surface area contributed by atoms with Crippen molar-refractivity contribution < 1.29 is 9.53 Å². The average molecular weight is 281 g/mol. The summed E-state index contributed by atoms with van der Waals surface area (Å²) in [5.41, 5.74) is 2.20. The monoisotopic (exact) mass is 281 g/mol. The summed E-state index contributed by atoms with van der Waals surface area (Å²) in [7, 11) is 0. The van der Waals surface area contributed by atoms with E-state index in [1.807, 2.05) is 0 Å². The van der Waals surface area contributed by atoms with Gasteiger partial charge in [-0.3, -0.25) is 15.1 Å². The smallest absolute Gasteiger partial charge is 0.263 e. The molecule has 0 aromatic rings. The Labute approximate surface area is 121 Å². The van der Waals surface area contributed by atoms with Crippen molar-refractivity contribution in [1.82, 2.24) is 10.3 Å². The largest absolute Gasteiger partial charge is 0.364 e. The molecule has 3 aliphatic rings. The van der Waals surface area contributed by atoms with E-state index in [1.54, 1.807) is 0 Å². The summed E-state index contributed by atoms with van der Waals surface area (Å²) in [6, 6.07) is 0.767. The minimum atomic E-state index is -0.336. The number of likely N-dealkylation sites (tertiary alicyclic amines) is 1. The van der Waals surface area contributed by atoms with E-state index >= 15 is 0 Å². The predicted molar refractivity (Wildman–Crippen MR) is 76.8 cm³/mol. The number of nitrogens with one attached hydrogen (secondary N) is 1. The van der Waals surface area contributed by atoms with Crippen LogP contribution in [0, 0.1) is 5.92 Å². The van der Waals surface area contributed by atoms with Crippen LogP contribution in [-0.4, -0.2) is 42.1 Å². The highest BCUT2D eigenvalue weighted by molar-refractivity contribution is 5.80. The predicted octanol–water partition coefficient (Wildman–Crippen LogP) is 1.18. The average Bonchev–Trinajstić information content (AvgIpc) is 2.95. The second-order valence-electron chi connectivity index (χ2n) is 6.58. The summed E-state index contributed by atoms with van der Waals surface area (Å²) >= 11 is 0. The normalized spacial score (nSPS) is 38.5. The topological polar surface area (TPSA) is 67.6 Å².